The molecule has 2 N–H and O–H groups in total. The predicted molar refractivity (Wildman–Crippen MR) is 66.4 cm³/mol. The summed E-state index contributed by atoms with van der Waals surface area (Å²) < 4.78 is 0. The minimum atomic E-state index is 0.326. The molecule has 0 bridgehead atoms. The van der Waals surface area contributed by atoms with Crippen molar-refractivity contribution in [1.82, 2.24) is 10.2 Å². The number of aliphatic hydroxyl groups is 1. The number of likely N-dealkylation sites (tertiary alicyclic amines) is 1. The molecular weight excluding hydrogens is 200 g/mol. The average Bonchev–Trinajstić information content (AvgIpc) is 2.78. The van der Waals surface area contributed by atoms with E-state index in [0.29, 0.717) is 12.5 Å². The zero-order chi connectivity index (χ0) is 11.4. The zero-order valence-corrected chi connectivity index (χ0v) is 10.5. The van der Waals surface area contributed by atoms with Crippen LogP contribution in [-0.2, 0) is 0 Å². The minimum Gasteiger partial charge on any atom is -0.396 e. The van der Waals surface area contributed by atoms with Gasteiger partial charge in [-0.1, -0.05) is 6.92 Å². The molecule has 2 aliphatic heterocycles. The number of piperidine rings is 1. The minimum absolute atomic E-state index is 0.326. The van der Waals surface area contributed by atoms with E-state index in [-0.39, 0.29) is 0 Å². The topological polar surface area (TPSA) is 35.5 Å². The van der Waals surface area contributed by atoms with Crippen LogP contribution in [0.5, 0.6) is 0 Å². The Morgan fingerprint density at radius 2 is 2.25 bits per heavy atom. The summed E-state index contributed by atoms with van der Waals surface area (Å²) in [5.41, 5.74) is 0. The van der Waals surface area contributed by atoms with Gasteiger partial charge in [-0.15, -0.1) is 0 Å². The van der Waals surface area contributed by atoms with Crippen LogP contribution in [0.3, 0.4) is 0 Å². The molecule has 16 heavy (non-hydrogen) atoms. The lowest BCUT2D eigenvalue weighted by molar-refractivity contribution is 0.125. The maximum atomic E-state index is 9.15. The van der Waals surface area contributed by atoms with E-state index in [2.05, 4.69) is 17.1 Å². The summed E-state index contributed by atoms with van der Waals surface area (Å²) in [7, 11) is 0. The fourth-order valence-electron chi connectivity index (χ4n) is 3.28. The molecule has 0 amide bonds. The van der Waals surface area contributed by atoms with Gasteiger partial charge >= 0.3 is 0 Å². The third-order valence-corrected chi connectivity index (χ3v) is 4.15. The molecule has 0 radical (unpaired) electrons. The Balaban J connectivity index is 1.86. The van der Waals surface area contributed by atoms with Crippen LogP contribution in [-0.4, -0.2) is 48.8 Å². The van der Waals surface area contributed by atoms with E-state index in [9.17, 15) is 0 Å². The number of hydrogen-bond donors (Lipinski definition) is 2. The molecule has 0 aromatic heterocycles. The van der Waals surface area contributed by atoms with E-state index in [1.165, 1.54) is 45.3 Å². The molecule has 2 rings (SSSR count). The maximum Gasteiger partial charge on any atom is 0.0468 e. The number of nitrogens with one attached hydrogen (secondary N) is 1. The monoisotopic (exact) mass is 226 g/mol. The molecule has 3 nitrogen and oxygen atoms in total. The number of rotatable bonds is 4. The van der Waals surface area contributed by atoms with Gasteiger partial charge in [0.2, 0.25) is 0 Å². The molecule has 2 aliphatic rings. The van der Waals surface area contributed by atoms with Crippen molar-refractivity contribution in [2.45, 2.75) is 38.6 Å². The number of hydrogen-bond acceptors (Lipinski definition) is 3. The highest BCUT2D eigenvalue weighted by molar-refractivity contribution is 4.88. The normalized spacial score (nSPS) is 34.1. The van der Waals surface area contributed by atoms with E-state index >= 15 is 0 Å². The van der Waals surface area contributed by atoms with E-state index in [4.69, 9.17) is 5.11 Å². The first-order chi connectivity index (χ1) is 7.81. The highest BCUT2D eigenvalue weighted by atomic mass is 16.3. The van der Waals surface area contributed by atoms with Crippen LogP contribution >= 0.6 is 0 Å². The molecule has 2 saturated heterocycles. The number of nitrogens with zero attached hydrogens (tertiary/aromatic N) is 1. The molecule has 3 unspecified atom stereocenters. The maximum absolute atomic E-state index is 9.15. The van der Waals surface area contributed by atoms with E-state index in [1.54, 1.807) is 0 Å². The summed E-state index contributed by atoms with van der Waals surface area (Å²) in [5.74, 6) is 1.28. The van der Waals surface area contributed by atoms with Crippen LogP contribution < -0.4 is 5.32 Å². The lowest BCUT2D eigenvalue weighted by atomic mass is 9.90. The Kier molecular flexibility index (Phi) is 4.62. The van der Waals surface area contributed by atoms with Crippen molar-refractivity contribution in [3.05, 3.63) is 0 Å². The van der Waals surface area contributed by atoms with Crippen LogP contribution in [0.4, 0.5) is 0 Å². The van der Waals surface area contributed by atoms with Gasteiger partial charge in [-0.3, -0.25) is 4.90 Å². The average molecular weight is 226 g/mol. The van der Waals surface area contributed by atoms with Gasteiger partial charge in [-0.25, -0.2) is 0 Å². The second kappa shape index (κ2) is 5.99. The van der Waals surface area contributed by atoms with Gasteiger partial charge in [0.15, 0.2) is 0 Å². The molecule has 0 aromatic rings. The highest BCUT2D eigenvalue weighted by Gasteiger charge is 2.32. The molecule has 94 valence electrons. The van der Waals surface area contributed by atoms with Crippen LogP contribution in [0, 0.1) is 11.8 Å². The quantitative estimate of drug-likeness (QED) is 0.753. The number of aliphatic hydroxyl groups excluding tert-OH is 1. The van der Waals surface area contributed by atoms with Crippen molar-refractivity contribution in [3.8, 4) is 0 Å². The van der Waals surface area contributed by atoms with Gasteiger partial charge in [0.05, 0.1) is 0 Å². The van der Waals surface area contributed by atoms with Crippen LogP contribution in [0.2, 0.25) is 0 Å². The fourth-order valence-corrected chi connectivity index (χ4v) is 3.28. The lowest BCUT2D eigenvalue weighted by Gasteiger charge is -2.35. The van der Waals surface area contributed by atoms with Crippen molar-refractivity contribution in [1.29, 1.82) is 0 Å². The predicted octanol–water partition coefficient (Wildman–Crippen LogP) is 1.08. The molecule has 3 atom stereocenters. The van der Waals surface area contributed by atoms with Gasteiger partial charge in [-0.2, -0.15) is 0 Å². The third-order valence-electron chi connectivity index (χ3n) is 4.15. The standard InChI is InChI=1S/C13H26N2O/c1-11(10-16)9-15-7-3-5-13(15)12-4-2-6-14-8-12/h11-14,16H,2-10H2,1H3. The zero-order valence-electron chi connectivity index (χ0n) is 10.5. The van der Waals surface area contributed by atoms with Gasteiger partial charge in [0.25, 0.3) is 0 Å². The Morgan fingerprint density at radius 3 is 2.94 bits per heavy atom. The SMILES string of the molecule is CC(CO)CN1CCCC1C1CCCNC1. The summed E-state index contributed by atoms with van der Waals surface area (Å²) in [4.78, 5) is 2.62. The van der Waals surface area contributed by atoms with Gasteiger partial charge < -0.3 is 10.4 Å². The Bertz CT molecular complexity index is 204. The molecule has 0 spiro atoms. The fraction of sp³-hybridized carbons (Fsp3) is 1.00. The Morgan fingerprint density at radius 1 is 1.38 bits per heavy atom. The molecule has 0 aliphatic carbocycles. The summed E-state index contributed by atoms with van der Waals surface area (Å²) in [5, 5.41) is 12.7. The smallest absolute Gasteiger partial charge is 0.0468 e. The van der Waals surface area contributed by atoms with Crippen LogP contribution in [0.25, 0.3) is 0 Å². The van der Waals surface area contributed by atoms with Crippen molar-refractivity contribution < 1.29 is 5.11 Å². The van der Waals surface area contributed by atoms with Crippen LogP contribution in [0.15, 0.2) is 0 Å². The van der Waals surface area contributed by atoms with Crippen LogP contribution in [0.1, 0.15) is 32.6 Å². The molecule has 0 aromatic carbocycles. The van der Waals surface area contributed by atoms with Gasteiger partial charge in [0, 0.05) is 19.2 Å². The first kappa shape index (κ1) is 12.3. The molecule has 2 fully saturated rings. The van der Waals surface area contributed by atoms with Gasteiger partial charge in [0.1, 0.15) is 0 Å². The van der Waals surface area contributed by atoms with Crippen molar-refractivity contribution in [2.75, 3.05) is 32.8 Å². The van der Waals surface area contributed by atoms with E-state index in [1.807, 2.05) is 0 Å². The first-order valence-corrected chi connectivity index (χ1v) is 6.87. The summed E-state index contributed by atoms with van der Waals surface area (Å²) in [6, 6.07) is 0.779. The second-order valence-electron chi connectivity index (χ2n) is 5.60. The van der Waals surface area contributed by atoms with Crippen molar-refractivity contribution in [3.63, 3.8) is 0 Å². The Hall–Kier alpha value is -0.120. The lowest BCUT2D eigenvalue weighted by Crippen LogP contribution is -2.44. The van der Waals surface area contributed by atoms with Crippen molar-refractivity contribution >= 4 is 0 Å². The molecule has 2 heterocycles. The van der Waals surface area contributed by atoms with Crippen molar-refractivity contribution in [2.24, 2.45) is 11.8 Å². The largest absolute Gasteiger partial charge is 0.396 e. The molecule has 0 saturated carbocycles. The highest BCUT2D eigenvalue weighted by Crippen LogP contribution is 2.28. The second-order valence-corrected chi connectivity index (χ2v) is 5.60. The molecular formula is C13H26N2O. The summed E-state index contributed by atoms with van der Waals surface area (Å²) in [6.07, 6.45) is 5.44. The summed E-state index contributed by atoms with van der Waals surface area (Å²) >= 11 is 0. The summed E-state index contributed by atoms with van der Waals surface area (Å²) in [6.45, 7) is 7.20. The molecule has 3 heteroatoms. The third kappa shape index (κ3) is 2.96. The first-order valence-electron chi connectivity index (χ1n) is 6.87. The van der Waals surface area contributed by atoms with E-state index in [0.717, 1.165) is 18.5 Å². The van der Waals surface area contributed by atoms with E-state index < -0.39 is 0 Å². The van der Waals surface area contributed by atoms with Gasteiger partial charge in [-0.05, 0) is 57.2 Å². The Labute approximate surface area is 99.2 Å².